The summed E-state index contributed by atoms with van der Waals surface area (Å²) in [6.07, 6.45) is 4.40. The molecule has 1 aliphatic heterocycles. The molecule has 188 valence electrons. The van der Waals surface area contributed by atoms with E-state index in [0.29, 0.717) is 12.1 Å². The maximum atomic E-state index is 13.2. The zero-order valence-corrected chi connectivity index (χ0v) is 20.4. The number of fused-ring (bicyclic) bond motifs is 1. The molecule has 0 aromatic heterocycles. The Morgan fingerprint density at radius 2 is 1.78 bits per heavy atom. The lowest BCUT2D eigenvalue weighted by Gasteiger charge is -2.19. The standard InChI is InChI=1S/C30H32F2N2O2/c31-15-3-16-34-17-14-27(20-34)35-25-11-9-22(10-12-25)30-28(23-5-1-6-24(33)18-23)7-2-4-21-8-13-26(36-32)19-29(21)30/h1,5-6,8-13,18-19,27H,2-4,7,14-17,20,33H2/t27-/m0/s1. The fourth-order valence-corrected chi connectivity index (χ4v) is 5.41. The molecular formula is C30H32F2N2O2. The van der Waals surface area contributed by atoms with Crippen LogP contribution in [0.15, 0.2) is 66.7 Å². The number of rotatable bonds is 8. The van der Waals surface area contributed by atoms with E-state index < -0.39 is 0 Å². The van der Waals surface area contributed by atoms with Crippen LogP contribution in [0.1, 0.15) is 47.9 Å². The maximum Gasteiger partial charge on any atom is 0.172 e. The second kappa shape index (κ2) is 11.1. The summed E-state index contributed by atoms with van der Waals surface area (Å²) in [6, 6.07) is 21.5. The summed E-state index contributed by atoms with van der Waals surface area (Å²) in [5.74, 6) is 1.01. The molecule has 1 fully saturated rings. The molecule has 0 saturated carbocycles. The Morgan fingerprint density at radius 1 is 0.944 bits per heavy atom. The number of halogens is 2. The molecule has 4 nitrogen and oxygen atoms in total. The van der Waals surface area contributed by atoms with E-state index in [2.05, 4.69) is 28.0 Å². The minimum absolute atomic E-state index is 0.111. The van der Waals surface area contributed by atoms with Gasteiger partial charge >= 0.3 is 0 Å². The zero-order valence-electron chi connectivity index (χ0n) is 20.4. The van der Waals surface area contributed by atoms with Crippen LogP contribution >= 0.6 is 0 Å². The Kier molecular flexibility index (Phi) is 7.52. The molecule has 1 heterocycles. The number of ether oxygens (including phenoxy) is 1. The molecule has 6 heteroatoms. The van der Waals surface area contributed by atoms with Crippen LogP contribution in [0, 0.1) is 0 Å². The van der Waals surface area contributed by atoms with Crippen LogP contribution in [0.3, 0.4) is 0 Å². The number of aryl methyl sites for hydroxylation is 1. The number of nitrogen functional groups attached to an aromatic ring is 1. The summed E-state index contributed by atoms with van der Waals surface area (Å²) >= 11 is 0. The van der Waals surface area contributed by atoms with Crippen molar-refractivity contribution in [2.75, 3.05) is 32.0 Å². The second-order valence-electron chi connectivity index (χ2n) is 9.62. The summed E-state index contributed by atoms with van der Waals surface area (Å²) in [6.45, 7) is 2.26. The van der Waals surface area contributed by atoms with Gasteiger partial charge in [0.2, 0.25) is 0 Å². The van der Waals surface area contributed by atoms with Crippen LogP contribution in [-0.4, -0.2) is 37.3 Å². The number of hydrogen-bond donors (Lipinski definition) is 1. The number of hydrogen-bond acceptors (Lipinski definition) is 4. The Morgan fingerprint density at radius 3 is 2.56 bits per heavy atom. The van der Waals surface area contributed by atoms with Gasteiger partial charge in [-0.15, -0.1) is 0 Å². The van der Waals surface area contributed by atoms with Gasteiger partial charge in [0.1, 0.15) is 11.9 Å². The lowest BCUT2D eigenvalue weighted by Crippen LogP contribution is -2.26. The van der Waals surface area contributed by atoms with Gasteiger partial charge in [-0.25, -0.2) is 0 Å². The predicted molar refractivity (Wildman–Crippen MR) is 140 cm³/mol. The van der Waals surface area contributed by atoms with Crippen molar-refractivity contribution < 1.29 is 18.6 Å². The number of allylic oxidation sites excluding steroid dienone is 1. The molecule has 1 saturated heterocycles. The Hall–Kier alpha value is -3.38. The molecule has 5 rings (SSSR count). The van der Waals surface area contributed by atoms with Crippen molar-refractivity contribution in [1.82, 2.24) is 4.90 Å². The van der Waals surface area contributed by atoms with Crippen LogP contribution in [0.2, 0.25) is 0 Å². The normalized spacial score (nSPS) is 18.1. The monoisotopic (exact) mass is 490 g/mol. The highest BCUT2D eigenvalue weighted by molar-refractivity contribution is 6.00. The van der Waals surface area contributed by atoms with E-state index in [1.807, 2.05) is 36.4 Å². The number of benzene rings is 3. The van der Waals surface area contributed by atoms with Gasteiger partial charge in [-0.1, -0.05) is 30.3 Å². The Balaban J connectivity index is 1.49. The molecule has 0 amide bonds. The highest BCUT2D eigenvalue weighted by Crippen LogP contribution is 2.41. The molecule has 0 spiro atoms. The van der Waals surface area contributed by atoms with Gasteiger partial charge < -0.3 is 10.5 Å². The summed E-state index contributed by atoms with van der Waals surface area (Å²) in [5.41, 5.74) is 13.4. The predicted octanol–water partition coefficient (Wildman–Crippen LogP) is 6.64. The molecule has 0 radical (unpaired) electrons. The number of anilines is 1. The minimum atomic E-state index is -0.279. The third kappa shape index (κ3) is 5.39. The molecule has 1 atom stereocenters. The van der Waals surface area contributed by atoms with E-state index in [-0.39, 0.29) is 18.5 Å². The number of alkyl halides is 1. The number of nitrogens with two attached hydrogens (primary N) is 1. The van der Waals surface area contributed by atoms with Gasteiger partial charge in [0.15, 0.2) is 5.75 Å². The average molecular weight is 491 g/mol. The lowest BCUT2D eigenvalue weighted by molar-refractivity contribution is -0.00624. The first-order chi connectivity index (χ1) is 17.6. The van der Waals surface area contributed by atoms with Crippen molar-refractivity contribution in [2.24, 2.45) is 0 Å². The van der Waals surface area contributed by atoms with Crippen LogP contribution in [0.25, 0.3) is 11.1 Å². The summed E-state index contributed by atoms with van der Waals surface area (Å²) < 4.78 is 31.9. The van der Waals surface area contributed by atoms with Crippen molar-refractivity contribution in [3.05, 3.63) is 89.0 Å². The fraction of sp³-hybridized carbons (Fsp3) is 0.333. The Bertz CT molecular complexity index is 1230. The molecular weight excluding hydrogens is 458 g/mol. The molecule has 3 aromatic rings. The molecule has 2 aliphatic rings. The highest BCUT2D eigenvalue weighted by atomic mass is 19.3. The van der Waals surface area contributed by atoms with Gasteiger partial charge in [0, 0.05) is 29.8 Å². The molecule has 0 bridgehead atoms. The number of nitrogens with zero attached hydrogens (tertiary/aromatic N) is 1. The van der Waals surface area contributed by atoms with E-state index in [4.69, 9.17) is 10.5 Å². The van der Waals surface area contributed by atoms with Crippen molar-refractivity contribution in [3.8, 4) is 11.5 Å². The van der Waals surface area contributed by atoms with Gasteiger partial charge in [-0.05, 0) is 102 Å². The van der Waals surface area contributed by atoms with Crippen molar-refractivity contribution in [2.45, 2.75) is 38.2 Å². The third-order valence-corrected chi connectivity index (χ3v) is 7.13. The molecule has 36 heavy (non-hydrogen) atoms. The highest BCUT2D eigenvalue weighted by Gasteiger charge is 2.24. The van der Waals surface area contributed by atoms with Gasteiger partial charge in [-0.2, -0.15) is 0 Å². The molecule has 3 aromatic carbocycles. The first-order valence-corrected chi connectivity index (χ1v) is 12.7. The molecule has 0 unspecified atom stereocenters. The van der Waals surface area contributed by atoms with Gasteiger partial charge in [-0.3, -0.25) is 14.2 Å². The van der Waals surface area contributed by atoms with E-state index in [1.54, 1.807) is 12.1 Å². The molecule has 1 aliphatic carbocycles. The van der Waals surface area contributed by atoms with Crippen molar-refractivity contribution in [3.63, 3.8) is 0 Å². The Labute approximate surface area is 211 Å². The van der Waals surface area contributed by atoms with Crippen LogP contribution in [0.5, 0.6) is 11.5 Å². The van der Waals surface area contributed by atoms with Gasteiger partial charge in [0.05, 0.1) is 6.67 Å². The number of likely N-dealkylation sites (tertiary alicyclic amines) is 1. The van der Waals surface area contributed by atoms with E-state index in [9.17, 15) is 8.92 Å². The molecule has 2 N–H and O–H groups in total. The van der Waals surface area contributed by atoms with Crippen LogP contribution < -0.4 is 15.4 Å². The van der Waals surface area contributed by atoms with Crippen LogP contribution in [0.4, 0.5) is 14.6 Å². The zero-order chi connectivity index (χ0) is 24.9. The lowest BCUT2D eigenvalue weighted by atomic mass is 9.87. The van der Waals surface area contributed by atoms with Crippen molar-refractivity contribution >= 4 is 16.8 Å². The van der Waals surface area contributed by atoms with Gasteiger partial charge in [0.25, 0.3) is 0 Å². The summed E-state index contributed by atoms with van der Waals surface area (Å²) in [4.78, 5) is 6.36. The largest absolute Gasteiger partial charge is 0.489 e. The smallest absolute Gasteiger partial charge is 0.172 e. The summed E-state index contributed by atoms with van der Waals surface area (Å²) in [7, 11) is 0. The fourth-order valence-electron chi connectivity index (χ4n) is 5.41. The third-order valence-electron chi connectivity index (χ3n) is 7.13. The summed E-state index contributed by atoms with van der Waals surface area (Å²) in [5, 5.41) is 0. The maximum absolute atomic E-state index is 13.2. The van der Waals surface area contributed by atoms with E-state index in [0.717, 1.165) is 73.3 Å². The SMILES string of the molecule is Nc1cccc(C2=C(c3ccc(O[C@H]4CCN(CCCF)C4)cc3)c3cc(OF)ccc3CCC2)c1. The second-order valence-corrected chi connectivity index (χ2v) is 9.62. The topological polar surface area (TPSA) is 47.7 Å². The van der Waals surface area contributed by atoms with Crippen molar-refractivity contribution in [1.29, 1.82) is 0 Å². The first kappa shape index (κ1) is 24.3. The minimum Gasteiger partial charge on any atom is -0.489 e. The van der Waals surface area contributed by atoms with E-state index in [1.165, 1.54) is 11.1 Å². The quantitative estimate of drug-likeness (QED) is 0.360. The first-order valence-electron chi connectivity index (χ1n) is 12.7. The average Bonchev–Trinajstić information content (AvgIpc) is 3.25. The van der Waals surface area contributed by atoms with E-state index >= 15 is 0 Å². The van der Waals surface area contributed by atoms with Crippen LogP contribution in [-0.2, 0) is 6.42 Å².